The summed E-state index contributed by atoms with van der Waals surface area (Å²) < 4.78 is 110. The first-order valence-corrected chi connectivity index (χ1v) is 15.3. The van der Waals surface area contributed by atoms with Gasteiger partial charge in [-0.25, -0.2) is 14.4 Å². The number of aryl methyl sites for hydroxylation is 1. The highest BCUT2D eigenvalue weighted by Gasteiger charge is 2.41. The third-order valence-electron chi connectivity index (χ3n) is 7.77. The van der Waals surface area contributed by atoms with Crippen molar-refractivity contribution in [2.75, 3.05) is 62.2 Å². The van der Waals surface area contributed by atoms with E-state index in [1.165, 1.54) is 33.3 Å². The summed E-state index contributed by atoms with van der Waals surface area (Å²) in [5.41, 5.74) is -2.95. The van der Waals surface area contributed by atoms with Crippen molar-refractivity contribution in [2.45, 2.75) is 25.3 Å². The Morgan fingerprint density at radius 2 is 1.55 bits per heavy atom. The third-order valence-corrected chi connectivity index (χ3v) is 8.05. The number of morpholine rings is 1. The molecule has 2 aromatic carbocycles. The fourth-order valence-corrected chi connectivity index (χ4v) is 5.52. The van der Waals surface area contributed by atoms with Crippen LogP contribution in [-0.2, 0) is 17.1 Å². The first-order valence-electron chi connectivity index (χ1n) is 14.9. The molecule has 0 spiro atoms. The number of rotatable bonds is 9. The van der Waals surface area contributed by atoms with Crippen molar-refractivity contribution in [3.63, 3.8) is 0 Å². The maximum atomic E-state index is 15.4. The summed E-state index contributed by atoms with van der Waals surface area (Å²) >= 11 is 6.02. The Bertz CT molecular complexity index is 1950. The maximum absolute atomic E-state index is 15.4. The zero-order valence-corrected chi connectivity index (χ0v) is 27.9. The van der Waals surface area contributed by atoms with Gasteiger partial charge in [0.25, 0.3) is 5.91 Å². The second-order valence-corrected chi connectivity index (χ2v) is 11.4. The zero-order chi connectivity index (χ0) is 37.2. The lowest BCUT2D eigenvalue weighted by Gasteiger charge is -2.37. The Morgan fingerprint density at radius 1 is 0.922 bits per heavy atom. The van der Waals surface area contributed by atoms with Crippen LogP contribution in [0.25, 0.3) is 0 Å². The maximum Gasteiger partial charge on any atom is 0.421 e. The summed E-state index contributed by atoms with van der Waals surface area (Å²) in [4.78, 5) is 30.6. The first kappa shape index (κ1) is 37.1. The van der Waals surface area contributed by atoms with Gasteiger partial charge < -0.3 is 35.6 Å². The molecule has 4 aromatic rings. The Hall–Kier alpha value is -5.17. The van der Waals surface area contributed by atoms with E-state index >= 15 is 4.39 Å². The predicted octanol–water partition coefficient (Wildman–Crippen LogP) is 7.20. The van der Waals surface area contributed by atoms with E-state index in [2.05, 4.69) is 41.2 Å². The lowest BCUT2D eigenvalue weighted by molar-refractivity contribution is -0.139. The topological polar surface area (TPSA) is 138 Å². The summed E-state index contributed by atoms with van der Waals surface area (Å²) in [6.07, 6.45) is -7.87. The van der Waals surface area contributed by atoms with Crippen LogP contribution in [0.4, 0.5) is 65.6 Å². The van der Waals surface area contributed by atoms with Crippen molar-refractivity contribution < 1.29 is 45.0 Å². The summed E-state index contributed by atoms with van der Waals surface area (Å²) in [6, 6.07) is 2.73. The van der Waals surface area contributed by atoms with E-state index in [9.17, 15) is 31.1 Å². The largest absolute Gasteiger partial charge is 0.495 e. The van der Waals surface area contributed by atoms with E-state index in [0.29, 0.717) is 6.20 Å². The van der Waals surface area contributed by atoms with Crippen molar-refractivity contribution in [2.24, 2.45) is 0 Å². The molecule has 1 aliphatic heterocycles. The van der Waals surface area contributed by atoms with Crippen molar-refractivity contribution in [1.29, 1.82) is 0 Å². The smallest absolute Gasteiger partial charge is 0.421 e. The molecule has 20 heteroatoms. The molecule has 4 N–H and O–H groups in total. The molecular formula is C31H29ClF7N9O3. The second kappa shape index (κ2) is 14.6. The summed E-state index contributed by atoms with van der Waals surface area (Å²) in [6.45, 7) is 0.990. The number of aromatic nitrogens is 4. The highest BCUT2D eigenvalue weighted by Crippen LogP contribution is 2.43. The Balaban J connectivity index is 1.48. The standard InChI is InChI=1S/C31H29ClF7N9O3/c1-14-7-21(44-28-42-11-18(31(37,38)39)25(40-2)46-28)20(33)8-15(14)27(49)48-5-6-51-13-23(48)16-9-24(50-4)22(10-17(16)30(34,35)36)45-29-43-12-19(32)26(41-3)47-29/h7-12,23H,5-6,13H2,1-4H3,(H2,40,42,44,46)(H2,41,43,45,47). The van der Waals surface area contributed by atoms with Gasteiger partial charge in [-0.1, -0.05) is 11.6 Å². The van der Waals surface area contributed by atoms with Gasteiger partial charge in [0.1, 0.15) is 33.8 Å². The van der Waals surface area contributed by atoms with E-state index < -0.39 is 47.1 Å². The number of carbonyl (C=O) groups is 1. The van der Waals surface area contributed by atoms with Gasteiger partial charge in [0.15, 0.2) is 0 Å². The van der Waals surface area contributed by atoms with Crippen LogP contribution in [0.2, 0.25) is 5.02 Å². The number of alkyl halides is 6. The minimum atomic E-state index is -4.91. The fourth-order valence-electron chi connectivity index (χ4n) is 5.33. The molecule has 0 bridgehead atoms. The minimum absolute atomic E-state index is 0.0116. The van der Waals surface area contributed by atoms with E-state index in [1.54, 1.807) is 7.05 Å². The number of halogens is 8. The molecular weight excluding hydrogens is 715 g/mol. The SMILES string of the molecule is CNc1nc(Nc2cc(C(F)(F)F)c(C3COCCN3C(=O)c3cc(F)c(Nc4ncc(C(F)(F)F)c(NC)n4)cc3C)cc2OC)ncc1Cl. The fraction of sp³-hybridized carbons (Fsp3) is 0.323. The van der Waals surface area contributed by atoms with Gasteiger partial charge in [0, 0.05) is 32.4 Å². The van der Waals surface area contributed by atoms with Crippen LogP contribution in [0.3, 0.4) is 0 Å². The Labute approximate surface area is 290 Å². The van der Waals surface area contributed by atoms with Crippen molar-refractivity contribution in [3.8, 4) is 5.75 Å². The number of carbonyl (C=O) groups excluding carboxylic acids is 1. The van der Waals surface area contributed by atoms with Gasteiger partial charge in [0.2, 0.25) is 11.9 Å². The quantitative estimate of drug-likeness (QED) is 0.130. The number of anilines is 6. The molecule has 3 heterocycles. The lowest BCUT2D eigenvalue weighted by Crippen LogP contribution is -2.44. The molecule has 12 nitrogen and oxygen atoms in total. The van der Waals surface area contributed by atoms with Crippen LogP contribution in [0.5, 0.6) is 5.75 Å². The number of benzene rings is 2. The molecule has 51 heavy (non-hydrogen) atoms. The van der Waals surface area contributed by atoms with Crippen molar-refractivity contribution in [1.82, 2.24) is 24.8 Å². The van der Waals surface area contributed by atoms with Gasteiger partial charge >= 0.3 is 12.4 Å². The zero-order valence-electron chi connectivity index (χ0n) is 27.1. The average molecular weight is 744 g/mol. The minimum Gasteiger partial charge on any atom is -0.495 e. The number of amides is 1. The summed E-state index contributed by atoms with van der Waals surface area (Å²) in [5.74, 6) is -2.61. The molecule has 1 fully saturated rings. The van der Waals surface area contributed by atoms with Crippen LogP contribution in [0, 0.1) is 12.7 Å². The van der Waals surface area contributed by atoms with Gasteiger partial charge in [-0.15, -0.1) is 0 Å². The van der Waals surface area contributed by atoms with E-state index in [4.69, 9.17) is 21.1 Å². The molecule has 0 saturated carbocycles. The third kappa shape index (κ3) is 7.93. The lowest BCUT2D eigenvalue weighted by atomic mass is 9.95. The molecule has 1 atom stereocenters. The Kier molecular flexibility index (Phi) is 10.6. The normalized spacial score (nSPS) is 15.0. The van der Waals surface area contributed by atoms with Crippen LogP contribution in [0.15, 0.2) is 36.7 Å². The van der Waals surface area contributed by atoms with Crippen LogP contribution in [0.1, 0.15) is 38.7 Å². The van der Waals surface area contributed by atoms with E-state index in [1.807, 2.05) is 0 Å². The van der Waals surface area contributed by atoms with Gasteiger partial charge in [-0.3, -0.25) is 4.79 Å². The number of nitrogens with zero attached hydrogens (tertiary/aromatic N) is 5. The summed E-state index contributed by atoms with van der Waals surface area (Å²) in [7, 11) is 4.02. The average Bonchev–Trinajstić information content (AvgIpc) is 3.09. The first-order chi connectivity index (χ1) is 24.0. The predicted molar refractivity (Wildman–Crippen MR) is 173 cm³/mol. The Morgan fingerprint density at radius 3 is 2.18 bits per heavy atom. The molecule has 1 amide bonds. The molecule has 1 saturated heterocycles. The second-order valence-electron chi connectivity index (χ2n) is 11.0. The molecule has 1 unspecified atom stereocenters. The van der Waals surface area contributed by atoms with Gasteiger partial charge in [0.05, 0.1) is 49.5 Å². The summed E-state index contributed by atoms with van der Waals surface area (Å²) in [5, 5.41) is 10.5. The van der Waals surface area contributed by atoms with E-state index in [-0.39, 0.29) is 76.3 Å². The molecule has 5 rings (SSSR count). The molecule has 2 aromatic heterocycles. The number of methoxy groups -OCH3 is 1. The van der Waals surface area contributed by atoms with Crippen molar-refractivity contribution in [3.05, 3.63) is 75.3 Å². The number of ether oxygens (including phenoxy) is 2. The number of nitrogens with one attached hydrogen (secondary N) is 4. The number of hydrogen-bond acceptors (Lipinski definition) is 11. The molecule has 272 valence electrons. The van der Waals surface area contributed by atoms with Gasteiger partial charge in [-0.2, -0.15) is 36.3 Å². The highest BCUT2D eigenvalue weighted by molar-refractivity contribution is 6.32. The van der Waals surface area contributed by atoms with E-state index in [0.717, 1.165) is 23.1 Å². The molecule has 0 radical (unpaired) electrons. The van der Waals surface area contributed by atoms with Gasteiger partial charge in [-0.05, 0) is 42.3 Å². The molecule has 0 aliphatic carbocycles. The van der Waals surface area contributed by atoms with Crippen LogP contribution in [-0.4, -0.2) is 71.7 Å². The van der Waals surface area contributed by atoms with Crippen molar-refractivity contribution >= 4 is 52.4 Å². The molecule has 1 aliphatic rings. The monoisotopic (exact) mass is 743 g/mol. The highest BCUT2D eigenvalue weighted by atomic mass is 35.5. The number of hydrogen-bond donors (Lipinski definition) is 4. The van der Waals surface area contributed by atoms with Crippen LogP contribution < -0.4 is 26.0 Å². The van der Waals surface area contributed by atoms with Crippen LogP contribution >= 0.6 is 11.6 Å².